The molecule has 0 saturated carbocycles. The van der Waals surface area contributed by atoms with Gasteiger partial charge >= 0.3 is 6.09 Å². The summed E-state index contributed by atoms with van der Waals surface area (Å²) in [5.74, 6) is -0.334. The summed E-state index contributed by atoms with van der Waals surface area (Å²) < 4.78 is 10.5. The molecule has 0 bridgehead atoms. The number of amides is 2. The number of carbonyl (C=O) groups is 2. The van der Waals surface area contributed by atoms with Gasteiger partial charge in [0.25, 0.3) is 5.91 Å². The van der Waals surface area contributed by atoms with Crippen LogP contribution in [-0.4, -0.2) is 29.8 Å². The van der Waals surface area contributed by atoms with Crippen LogP contribution in [0.1, 0.15) is 26.7 Å². The van der Waals surface area contributed by atoms with E-state index in [4.69, 9.17) is 9.47 Å². The highest BCUT2D eigenvalue weighted by molar-refractivity contribution is 6.02. The predicted molar refractivity (Wildman–Crippen MR) is 46.6 cm³/mol. The van der Waals surface area contributed by atoms with Crippen molar-refractivity contribution in [3.63, 3.8) is 0 Å². The predicted octanol–water partition coefficient (Wildman–Crippen LogP) is 0.581. The lowest BCUT2D eigenvalue weighted by Gasteiger charge is -2.39. The first-order valence-corrected chi connectivity index (χ1v) is 4.62. The quantitative estimate of drug-likeness (QED) is 0.619. The largest absolute Gasteiger partial charge is 0.432 e. The van der Waals surface area contributed by atoms with Gasteiger partial charge in [-0.15, -0.1) is 0 Å². The molecular weight excluding hydrogens is 186 g/mol. The topological polar surface area (TPSA) is 64.6 Å². The van der Waals surface area contributed by atoms with Gasteiger partial charge in [0, 0.05) is 12.8 Å². The zero-order valence-corrected chi connectivity index (χ0v) is 8.25. The third-order valence-electron chi connectivity index (χ3n) is 2.63. The molecule has 0 aromatic carbocycles. The van der Waals surface area contributed by atoms with Crippen molar-refractivity contribution in [2.24, 2.45) is 0 Å². The minimum atomic E-state index is -0.987. The Morgan fingerprint density at radius 2 is 2.07 bits per heavy atom. The molecule has 1 atom stereocenters. The van der Waals surface area contributed by atoms with Crippen LogP contribution >= 0.6 is 0 Å². The van der Waals surface area contributed by atoms with Crippen LogP contribution in [0.3, 0.4) is 0 Å². The Balaban J connectivity index is 2.24. The third kappa shape index (κ3) is 1.37. The van der Waals surface area contributed by atoms with E-state index in [1.54, 1.807) is 0 Å². The van der Waals surface area contributed by atoms with Crippen LogP contribution in [0.2, 0.25) is 0 Å². The number of nitrogens with one attached hydrogen (secondary N) is 1. The molecule has 2 amide bonds. The van der Waals surface area contributed by atoms with E-state index in [1.165, 1.54) is 0 Å². The molecule has 2 rings (SSSR count). The van der Waals surface area contributed by atoms with E-state index < -0.39 is 17.3 Å². The summed E-state index contributed by atoms with van der Waals surface area (Å²) >= 11 is 0. The number of ether oxygens (including phenoxy) is 2. The second kappa shape index (κ2) is 2.70. The van der Waals surface area contributed by atoms with Crippen LogP contribution in [0.15, 0.2) is 0 Å². The van der Waals surface area contributed by atoms with Crippen molar-refractivity contribution in [1.82, 2.24) is 5.32 Å². The second-order valence-electron chi connectivity index (χ2n) is 4.37. The molecule has 78 valence electrons. The number of carbonyl (C=O) groups excluding carboxylic acids is 2. The molecule has 2 heterocycles. The summed E-state index contributed by atoms with van der Waals surface area (Å²) in [5, 5.41) is 2.16. The smallest absolute Gasteiger partial charge is 0.415 e. The molecule has 2 aliphatic heterocycles. The van der Waals surface area contributed by atoms with Gasteiger partial charge in [0.05, 0.1) is 12.2 Å². The lowest BCUT2D eigenvalue weighted by Crippen LogP contribution is -2.50. The molecule has 0 aromatic heterocycles. The zero-order valence-electron chi connectivity index (χ0n) is 8.25. The maximum Gasteiger partial charge on any atom is 0.415 e. The molecule has 1 N–H and O–H groups in total. The molecule has 5 heteroatoms. The summed E-state index contributed by atoms with van der Waals surface area (Å²) in [4.78, 5) is 22.5. The lowest BCUT2D eigenvalue weighted by atomic mass is 9.84. The molecule has 2 aliphatic rings. The Kier molecular flexibility index (Phi) is 1.82. The molecule has 14 heavy (non-hydrogen) atoms. The maximum absolute atomic E-state index is 11.5. The average Bonchev–Trinajstić information content (AvgIpc) is 2.24. The van der Waals surface area contributed by atoms with E-state index >= 15 is 0 Å². The van der Waals surface area contributed by atoms with Crippen LogP contribution in [0.5, 0.6) is 0 Å². The van der Waals surface area contributed by atoms with Gasteiger partial charge in [0.15, 0.2) is 5.60 Å². The second-order valence-corrected chi connectivity index (χ2v) is 4.37. The normalized spacial score (nSPS) is 35.6. The minimum Gasteiger partial charge on any atom is -0.432 e. The van der Waals surface area contributed by atoms with Crippen LogP contribution in [0.25, 0.3) is 0 Å². The van der Waals surface area contributed by atoms with E-state index in [1.807, 2.05) is 13.8 Å². The molecule has 0 aliphatic carbocycles. The van der Waals surface area contributed by atoms with Crippen LogP contribution in [0, 0.1) is 0 Å². The number of hydrogen-bond acceptors (Lipinski definition) is 4. The first-order chi connectivity index (χ1) is 6.44. The van der Waals surface area contributed by atoms with Gasteiger partial charge in [0.2, 0.25) is 0 Å². The fourth-order valence-corrected chi connectivity index (χ4v) is 2.06. The van der Waals surface area contributed by atoms with Gasteiger partial charge in [0.1, 0.15) is 0 Å². The average molecular weight is 199 g/mol. The highest BCUT2D eigenvalue weighted by Gasteiger charge is 2.54. The van der Waals surface area contributed by atoms with Crippen molar-refractivity contribution in [3.05, 3.63) is 0 Å². The number of imide groups is 1. The molecule has 5 nitrogen and oxygen atoms in total. The Morgan fingerprint density at radius 3 is 2.57 bits per heavy atom. The van der Waals surface area contributed by atoms with Crippen LogP contribution in [0.4, 0.5) is 4.79 Å². The molecule has 2 fully saturated rings. The van der Waals surface area contributed by atoms with Gasteiger partial charge < -0.3 is 9.47 Å². The van der Waals surface area contributed by atoms with Crippen molar-refractivity contribution >= 4 is 12.0 Å². The van der Waals surface area contributed by atoms with Crippen molar-refractivity contribution in [2.45, 2.75) is 37.9 Å². The lowest BCUT2D eigenvalue weighted by molar-refractivity contribution is -0.158. The van der Waals surface area contributed by atoms with E-state index in [0.717, 1.165) is 0 Å². The van der Waals surface area contributed by atoms with E-state index in [0.29, 0.717) is 19.4 Å². The van der Waals surface area contributed by atoms with Gasteiger partial charge in [-0.3, -0.25) is 10.1 Å². The van der Waals surface area contributed by atoms with E-state index in [2.05, 4.69) is 5.32 Å². The number of rotatable bonds is 0. The van der Waals surface area contributed by atoms with Crippen molar-refractivity contribution in [1.29, 1.82) is 0 Å². The van der Waals surface area contributed by atoms with Gasteiger partial charge in [-0.2, -0.15) is 0 Å². The first-order valence-electron chi connectivity index (χ1n) is 4.62. The Labute approximate surface area is 81.7 Å². The zero-order chi connectivity index (χ0) is 10.4. The van der Waals surface area contributed by atoms with Gasteiger partial charge in [-0.25, -0.2) is 4.79 Å². The standard InChI is InChI=1S/C9H13NO4/c1-8(2)5-9(3-4-13-8)6(11)10-7(12)14-9/h3-5H2,1-2H3,(H,10,11,12). The van der Waals surface area contributed by atoms with Crippen molar-refractivity contribution < 1.29 is 19.1 Å². The van der Waals surface area contributed by atoms with E-state index in [-0.39, 0.29) is 5.91 Å². The van der Waals surface area contributed by atoms with Crippen LogP contribution in [-0.2, 0) is 14.3 Å². The highest BCUT2D eigenvalue weighted by Crippen LogP contribution is 2.37. The van der Waals surface area contributed by atoms with Gasteiger partial charge in [-0.1, -0.05) is 0 Å². The molecular formula is C9H13NO4. The Morgan fingerprint density at radius 1 is 1.36 bits per heavy atom. The molecule has 2 saturated heterocycles. The highest BCUT2D eigenvalue weighted by atomic mass is 16.6. The summed E-state index contributed by atoms with van der Waals surface area (Å²) in [6.07, 6.45) is 0.207. The summed E-state index contributed by atoms with van der Waals surface area (Å²) in [7, 11) is 0. The number of alkyl carbamates (subject to hydrolysis) is 1. The molecule has 0 aromatic rings. The van der Waals surface area contributed by atoms with Crippen LogP contribution < -0.4 is 5.32 Å². The minimum absolute atomic E-state index is 0.334. The summed E-state index contributed by atoms with van der Waals surface area (Å²) in [6.45, 7) is 4.20. The van der Waals surface area contributed by atoms with Crippen molar-refractivity contribution in [3.8, 4) is 0 Å². The van der Waals surface area contributed by atoms with Gasteiger partial charge in [-0.05, 0) is 13.8 Å². The van der Waals surface area contributed by atoms with Crippen molar-refractivity contribution in [2.75, 3.05) is 6.61 Å². The monoisotopic (exact) mass is 199 g/mol. The fourth-order valence-electron chi connectivity index (χ4n) is 2.06. The van der Waals surface area contributed by atoms with E-state index in [9.17, 15) is 9.59 Å². The molecule has 1 unspecified atom stereocenters. The maximum atomic E-state index is 11.5. The summed E-state index contributed by atoms with van der Waals surface area (Å²) in [5.41, 5.74) is -1.40. The first kappa shape index (κ1) is 9.45. The third-order valence-corrected chi connectivity index (χ3v) is 2.63. The molecule has 0 radical (unpaired) electrons. The Bertz CT molecular complexity index is 299. The summed E-state index contributed by atoms with van der Waals surface area (Å²) in [6, 6.07) is 0. The fraction of sp³-hybridized carbons (Fsp3) is 0.778. The molecule has 1 spiro atoms. The SMILES string of the molecule is CC1(C)CC2(CCO1)OC(=O)NC2=O. The Hall–Kier alpha value is -1.10. The number of hydrogen-bond donors (Lipinski definition) is 1.